The Morgan fingerprint density at radius 1 is 1.17 bits per heavy atom. The van der Waals surface area contributed by atoms with E-state index in [1.807, 2.05) is 34.6 Å². The summed E-state index contributed by atoms with van der Waals surface area (Å²) < 4.78 is 0.794. The molecule has 0 spiro atoms. The van der Waals surface area contributed by atoms with Gasteiger partial charge in [-0.2, -0.15) is 0 Å². The summed E-state index contributed by atoms with van der Waals surface area (Å²) in [5.74, 6) is -0.0290. The van der Waals surface area contributed by atoms with Crippen molar-refractivity contribution in [2.24, 2.45) is 5.41 Å². The zero-order valence-electron chi connectivity index (χ0n) is 14.4. The van der Waals surface area contributed by atoms with Crippen LogP contribution in [0.4, 0.5) is 5.69 Å². The van der Waals surface area contributed by atoms with Gasteiger partial charge in [0.1, 0.15) is 5.01 Å². The minimum atomic E-state index is -0.459. The molecule has 7 heteroatoms. The third kappa shape index (κ3) is 4.88. The molecule has 0 bridgehead atoms. The van der Waals surface area contributed by atoms with Crippen molar-refractivity contribution >= 4 is 40.5 Å². The Labute approximate surface area is 150 Å². The van der Waals surface area contributed by atoms with Gasteiger partial charge in [-0.05, 0) is 38.1 Å². The monoisotopic (exact) mass is 363 g/mol. The van der Waals surface area contributed by atoms with Crippen molar-refractivity contribution in [3.8, 4) is 0 Å². The van der Waals surface area contributed by atoms with Crippen LogP contribution in [0.5, 0.6) is 0 Å². The number of ketones is 1. The summed E-state index contributed by atoms with van der Waals surface area (Å²) in [7, 11) is 0. The van der Waals surface area contributed by atoms with Crippen molar-refractivity contribution in [1.29, 1.82) is 0 Å². The van der Waals surface area contributed by atoms with Gasteiger partial charge in [-0.3, -0.25) is 9.59 Å². The van der Waals surface area contributed by atoms with Crippen LogP contribution in [-0.2, 0) is 4.79 Å². The molecule has 1 amide bonds. The molecule has 2 rings (SSSR count). The summed E-state index contributed by atoms with van der Waals surface area (Å²) >= 11 is 2.89. The third-order valence-electron chi connectivity index (χ3n) is 3.26. The molecule has 1 unspecified atom stereocenters. The molecule has 1 heterocycles. The number of hydrogen-bond acceptors (Lipinski definition) is 6. The van der Waals surface area contributed by atoms with Crippen LogP contribution in [0, 0.1) is 12.3 Å². The summed E-state index contributed by atoms with van der Waals surface area (Å²) in [6.07, 6.45) is 0. The van der Waals surface area contributed by atoms with Crippen molar-refractivity contribution in [2.75, 3.05) is 5.32 Å². The smallest absolute Gasteiger partial charge is 0.229 e. The first-order chi connectivity index (χ1) is 11.2. The third-order valence-corrected chi connectivity index (χ3v) is 5.29. The fraction of sp³-hybridized carbons (Fsp3) is 0.412. The second-order valence-electron chi connectivity index (χ2n) is 6.49. The quantitative estimate of drug-likeness (QED) is 0.637. The second-order valence-corrected chi connectivity index (χ2v) is 9.26. The maximum atomic E-state index is 12.5. The Bertz CT molecular complexity index is 733. The van der Waals surface area contributed by atoms with Crippen molar-refractivity contribution in [3.63, 3.8) is 0 Å². The molecule has 0 radical (unpaired) electrons. The molecular formula is C17H21N3O2S2. The van der Waals surface area contributed by atoms with E-state index >= 15 is 0 Å². The van der Waals surface area contributed by atoms with E-state index < -0.39 is 5.41 Å². The summed E-state index contributed by atoms with van der Waals surface area (Å²) in [6.45, 7) is 9.31. The highest BCUT2D eigenvalue weighted by Crippen LogP contribution is 2.28. The number of Topliss-reactive ketones (excluding diaryl/α,β-unsaturated/α-hetero) is 1. The van der Waals surface area contributed by atoms with Crippen molar-refractivity contribution in [1.82, 2.24) is 10.2 Å². The lowest BCUT2D eigenvalue weighted by Crippen LogP contribution is -2.27. The average molecular weight is 364 g/mol. The maximum Gasteiger partial charge on any atom is 0.229 e. The fourth-order valence-corrected chi connectivity index (χ4v) is 3.84. The largest absolute Gasteiger partial charge is 0.326 e. The average Bonchev–Trinajstić information content (AvgIpc) is 2.91. The molecule has 0 aliphatic rings. The zero-order valence-corrected chi connectivity index (χ0v) is 16.0. The lowest BCUT2D eigenvalue weighted by Gasteiger charge is -2.17. The van der Waals surface area contributed by atoms with E-state index in [1.54, 1.807) is 24.3 Å². The Morgan fingerprint density at radius 2 is 1.79 bits per heavy atom. The number of amides is 1. The second kappa shape index (κ2) is 7.44. The molecule has 0 fully saturated rings. The van der Waals surface area contributed by atoms with Crippen LogP contribution in [0.3, 0.4) is 0 Å². The number of benzene rings is 1. The van der Waals surface area contributed by atoms with Crippen LogP contribution < -0.4 is 5.32 Å². The molecule has 0 saturated heterocycles. The van der Waals surface area contributed by atoms with Crippen molar-refractivity contribution < 1.29 is 9.59 Å². The molecule has 0 aliphatic carbocycles. The van der Waals surface area contributed by atoms with Gasteiger partial charge in [0.2, 0.25) is 5.91 Å². The molecule has 0 aliphatic heterocycles. The highest BCUT2D eigenvalue weighted by atomic mass is 32.2. The molecule has 5 nitrogen and oxygen atoms in total. The number of nitrogens with zero attached hydrogens (tertiary/aromatic N) is 2. The van der Waals surface area contributed by atoms with E-state index in [-0.39, 0.29) is 16.9 Å². The van der Waals surface area contributed by atoms with Crippen molar-refractivity contribution in [2.45, 2.75) is 44.2 Å². The number of hydrogen-bond donors (Lipinski definition) is 1. The predicted molar refractivity (Wildman–Crippen MR) is 98.8 cm³/mol. The van der Waals surface area contributed by atoms with Gasteiger partial charge in [0.25, 0.3) is 0 Å². The van der Waals surface area contributed by atoms with E-state index in [0.29, 0.717) is 11.3 Å². The summed E-state index contributed by atoms with van der Waals surface area (Å²) in [6, 6.07) is 6.98. The van der Waals surface area contributed by atoms with Crippen molar-refractivity contribution in [3.05, 3.63) is 34.8 Å². The number of aryl methyl sites for hydroxylation is 1. The molecule has 1 atom stereocenters. The molecule has 0 saturated carbocycles. The minimum absolute atomic E-state index is 0.0292. The topological polar surface area (TPSA) is 72.0 Å². The first kappa shape index (κ1) is 18.6. The highest BCUT2D eigenvalue weighted by Gasteiger charge is 2.22. The van der Waals surface area contributed by atoms with Gasteiger partial charge in [-0.25, -0.2) is 0 Å². The SMILES string of the molecule is Cc1nnc(SC(C)C(=O)c2ccc(NC(=O)C(C)(C)C)cc2)s1. The number of thioether (sulfide) groups is 1. The summed E-state index contributed by atoms with van der Waals surface area (Å²) in [5, 5.41) is 11.5. The zero-order chi connectivity index (χ0) is 17.9. The van der Waals surface area contributed by atoms with Gasteiger partial charge in [0.05, 0.1) is 5.25 Å². The Morgan fingerprint density at radius 3 is 2.29 bits per heavy atom. The standard InChI is InChI=1S/C17H21N3O2S2/c1-10(23-16-20-19-11(2)24-16)14(21)12-6-8-13(9-7-12)18-15(22)17(3,4)5/h6-10H,1-5H3,(H,18,22). The molecule has 1 aromatic heterocycles. The number of aromatic nitrogens is 2. The molecule has 1 aromatic carbocycles. The Balaban J connectivity index is 2.01. The van der Waals surface area contributed by atoms with Crippen LogP contribution >= 0.6 is 23.1 Å². The van der Waals surface area contributed by atoms with Gasteiger partial charge in [-0.15, -0.1) is 10.2 Å². The number of nitrogens with one attached hydrogen (secondary N) is 1. The normalized spacial score (nSPS) is 12.7. The maximum absolute atomic E-state index is 12.5. The van der Waals surface area contributed by atoms with E-state index in [4.69, 9.17) is 0 Å². The molecule has 24 heavy (non-hydrogen) atoms. The van der Waals surface area contributed by atoms with Gasteiger partial charge in [0, 0.05) is 16.7 Å². The molecule has 2 aromatic rings. The Hall–Kier alpha value is -1.73. The van der Waals surface area contributed by atoms with Gasteiger partial charge < -0.3 is 5.32 Å². The van der Waals surface area contributed by atoms with Crippen LogP contribution in [-0.4, -0.2) is 27.1 Å². The predicted octanol–water partition coefficient (Wildman–Crippen LogP) is 4.19. The first-order valence-electron chi connectivity index (χ1n) is 7.59. The van der Waals surface area contributed by atoms with Gasteiger partial charge in [0.15, 0.2) is 10.1 Å². The van der Waals surface area contributed by atoms with Crippen LogP contribution in [0.2, 0.25) is 0 Å². The summed E-state index contributed by atoms with van der Waals surface area (Å²) in [5.41, 5.74) is 0.844. The van der Waals surface area contributed by atoms with E-state index in [1.165, 1.54) is 23.1 Å². The van der Waals surface area contributed by atoms with E-state index in [0.717, 1.165) is 9.35 Å². The van der Waals surface area contributed by atoms with Crippen LogP contribution in [0.25, 0.3) is 0 Å². The highest BCUT2D eigenvalue weighted by molar-refractivity contribution is 8.02. The van der Waals surface area contributed by atoms with E-state index in [9.17, 15) is 9.59 Å². The number of rotatable bonds is 5. The first-order valence-corrected chi connectivity index (χ1v) is 9.29. The van der Waals surface area contributed by atoms with Gasteiger partial charge in [-0.1, -0.05) is 43.9 Å². The van der Waals surface area contributed by atoms with Crippen LogP contribution in [0.15, 0.2) is 28.6 Å². The van der Waals surface area contributed by atoms with Crippen LogP contribution in [0.1, 0.15) is 43.1 Å². The lowest BCUT2D eigenvalue weighted by molar-refractivity contribution is -0.123. The Kier molecular flexibility index (Phi) is 5.77. The minimum Gasteiger partial charge on any atom is -0.326 e. The fourth-order valence-electron chi connectivity index (χ4n) is 1.80. The molecular weight excluding hydrogens is 342 g/mol. The van der Waals surface area contributed by atoms with Gasteiger partial charge >= 0.3 is 0 Å². The molecule has 1 N–H and O–H groups in total. The number of carbonyl (C=O) groups is 2. The summed E-state index contributed by atoms with van der Waals surface area (Å²) in [4.78, 5) is 24.5. The molecule has 128 valence electrons. The van der Waals surface area contributed by atoms with E-state index in [2.05, 4.69) is 15.5 Å². The lowest BCUT2D eigenvalue weighted by atomic mass is 9.95. The number of carbonyl (C=O) groups excluding carboxylic acids is 2. The number of anilines is 1.